The summed E-state index contributed by atoms with van der Waals surface area (Å²) >= 11 is 0. The van der Waals surface area contributed by atoms with E-state index in [1.165, 1.54) is 18.5 Å². The smallest absolute Gasteiger partial charge is 0.256 e. The summed E-state index contributed by atoms with van der Waals surface area (Å²) in [5.41, 5.74) is -0.0827. The molecule has 4 heteroatoms. The predicted molar refractivity (Wildman–Crippen MR) is 72.6 cm³/mol. The fraction of sp³-hybridized carbons (Fsp3) is 0.571. The van der Waals surface area contributed by atoms with Crippen LogP contribution in [0, 0.1) is 17.8 Å². The zero-order valence-electron chi connectivity index (χ0n) is 11.5. The van der Waals surface area contributed by atoms with Crippen molar-refractivity contribution in [2.45, 2.75) is 27.7 Å². The van der Waals surface area contributed by atoms with Gasteiger partial charge in [0.25, 0.3) is 5.91 Å². The van der Waals surface area contributed by atoms with Crippen molar-refractivity contribution in [3.63, 3.8) is 0 Å². The second-order valence-electron chi connectivity index (χ2n) is 5.28. The Morgan fingerprint density at radius 2 is 1.89 bits per heavy atom. The van der Waals surface area contributed by atoms with Crippen LogP contribution in [0.25, 0.3) is 0 Å². The number of aromatic nitrogens is 1. The summed E-state index contributed by atoms with van der Waals surface area (Å²) in [6.45, 7) is 9.18. The lowest BCUT2D eigenvalue weighted by molar-refractivity contribution is 0.0936. The van der Waals surface area contributed by atoms with Crippen molar-refractivity contribution in [3.8, 4) is 0 Å². The molecule has 0 saturated heterocycles. The Morgan fingerprint density at radius 1 is 1.28 bits per heavy atom. The van der Waals surface area contributed by atoms with E-state index in [2.05, 4.69) is 38.0 Å². The van der Waals surface area contributed by atoms with Crippen molar-refractivity contribution in [3.05, 3.63) is 34.2 Å². The summed E-state index contributed by atoms with van der Waals surface area (Å²) in [5.74, 6) is 1.11. The van der Waals surface area contributed by atoms with E-state index in [0.29, 0.717) is 24.3 Å². The number of pyridine rings is 1. The van der Waals surface area contributed by atoms with E-state index in [1.807, 2.05) is 0 Å². The minimum atomic E-state index is -0.303. The van der Waals surface area contributed by atoms with Gasteiger partial charge in [-0.3, -0.25) is 9.59 Å². The van der Waals surface area contributed by atoms with Crippen molar-refractivity contribution in [2.75, 3.05) is 6.54 Å². The molecule has 0 aliphatic carbocycles. The van der Waals surface area contributed by atoms with Gasteiger partial charge in [0.2, 0.25) is 0 Å². The van der Waals surface area contributed by atoms with Gasteiger partial charge in [0.05, 0.1) is 0 Å². The molecule has 0 aromatic carbocycles. The second-order valence-corrected chi connectivity index (χ2v) is 5.28. The van der Waals surface area contributed by atoms with E-state index in [9.17, 15) is 9.59 Å². The normalized spacial score (nSPS) is 11.3. The molecular formula is C14H22N2O2. The highest BCUT2D eigenvalue weighted by Gasteiger charge is 2.19. The van der Waals surface area contributed by atoms with Gasteiger partial charge in [-0.15, -0.1) is 0 Å². The number of amides is 1. The van der Waals surface area contributed by atoms with Gasteiger partial charge < -0.3 is 10.3 Å². The monoisotopic (exact) mass is 250 g/mol. The van der Waals surface area contributed by atoms with Crippen LogP contribution in [0.4, 0.5) is 0 Å². The first kappa shape index (κ1) is 14.5. The Bertz CT molecular complexity index is 441. The molecule has 1 aromatic rings. The number of nitrogens with one attached hydrogen (secondary N) is 2. The maximum atomic E-state index is 11.9. The minimum absolute atomic E-state index is 0.170. The highest BCUT2D eigenvalue weighted by Crippen LogP contribution is 2.19. The van der Waals surface area contributed by atoms with Crippen molar-refractivity contribution < 1.29 is 4.79 Å². The molecule has 18 heavy (non-hydrogen) atoms. The van der Waals surface area contributed by atoms with Crippen molar-refractivity contribution >= 4 is 5.91 Å². The molecule has 0 atom stereocenters. The molecule has 1 amide bonds. The number of hydrogen-bond donors (Lipinski definition) is 2. The summed E-state index contributed by atoms with van der Waals surface area (Å²) in [4.78, 5) is 26.1. The van der Waals surface area contributed by atoms with E-state index in [4.69, 9.17) is 0 Å². The van der Waals surface area contributed by atoms with Crippen LogP contribution in [0.15, 0.2) is 23.3 Å². The van der Waals surface area contributed by atoms with Crippen LogP contribution in [0.3, 0.4) is 0 Å². The van der Waals surface area contributed by atoms with E-state index in [0.717, 1.165) is 0 Å². The van der Waals surface area contributed by atoms with Gasteiger partial charge in [-0.2, -0.15) is 0 Å². The summed E-state index contributed by atoms with van der Waals surface area (Å²) in [5, 5.41) is 2.84. The minimum Gasteiger partial charge on any atom is -0.367 e. The van der Waals surface area contributed by atoms with Gasteiger partial charge in [-0.1, -0.05) is 27.7 Å². The average Bonchev–Trinajstić information content (AvgIpc) is 2.28. The van der Waals surface area contributed by atoms with Crippen LogP contribution in [0.5, 0.6) is 0 Å². The van der Waals surface area contributed by atoms with Gasteiger partial charge in [0.1, 0.15) is 5.56 Å². The van der Waals surface area contributed by atoms with E-state index < -0.39 is 0 Å². The molecule has 0 radical (unpaired) electrons. The molecule has 4 nitrogen and oxygen atoms in total. The molecule has 100 valence electrons. The maximum absolute atomic E-state index is 11.9. The Kier molecular flexibility index (Phi) is 5.13. The second kappa shape index (κ2) is 6.38. The first-order chi connectivity index (χ1) is 8.43. The van der Waals surface area contributed by atoms with E-state index in [-0.39, 0.29) is 16.9 Å². The lowest BCUT2D eigenvalue weighted by atomic mass is 9.85. The molecule has 1 heterocycles. The van der Waals surface area contributed by atoms with Gasteiger partial charge in [-0.05, 0) is 17.8 Å². The first-order valence-corrected chi connectivity index (χ1v) is 6.38. The van der Waals surface area contributed by atoms with Crippen LogP contribution in [-0.2, 0) is 0 Å². The SMILES string of the molecule is CC(C)C(CNC(=O)c1c[nH]ccc1=O)C(C)C. The highest BCUT2D eigenvalue weighted by molar-refractivity contribution is 5.93. The van der Waals surface area contributed by atoms with Gasteiger partial charge in [0.15, 0.2) is 5.43 Å². The van der Waals surface area contributed by atoms with Crippen LogP contribution in [-0.4, -0.2) is 17.4 Å². The lowest BCUT2D eigenvalue weighted by Gasteiger charge is -2.24. The van der Waals surface area contributed by atoms with Crippen LogP contribution in [0.1, 0.15) is 38.1 Å². The van der Waals surface area contributed by atoms with Crippen LogP contribution >= 0.6 is 0 Å². The summed E-state index contributed by atoms with van der Waals surface area (Å²) in [7, 11) is 0. The third-order valence-corrected chi connectivity index (χ3v) is 3.28. The molecule has 0 unspecified atom stereocenters. The molecule has 2 N–H and O–H groups in total. The molecule has 1 aromatic heterocycles. The Morgan fingerprint density at radius 3 is 2.39 bits per heavy atom. The number of hydrogen-bond acceptors (Lipinski definition) is 2. The Hall–Kier alpha value is -1.58. The average molecular weight is 250 g/mol. The molecule has 0 aliphatic rings. The standard InChI is InChI=1S/C14H22N2O2/c1-9(2)11(10(3)4)8-16-14(18)12-7-15-6-5-13(12)17/h5-7,9-11H,8H2,1-4H3,(H,15,17)(H,16,18). The number of carbonyl (C=O) groups is 1. The summed E-state index contributed by atoms with van der Waals surface area (Å²) in [6, 6.07) is 1.36. The lowest BCUT2D eigenvalue weighted by Crippen LogP contribution is -2.35. The van der Waals surface area contributed by atoms with Crippen LogP contribution in [0.2, 0.25) is 0 Å². The van der Waals surface area contributed by atoms with Crippen molar-refractivity contribution in [1.29, 1.82) is 0 Å². The van der Waals surface area contributed by atoms with Gasteiger partial charge >= 0.3 is 0 Å². The maximum Gasteiger partial charge on any atom is 0.256 e. The zero-order chi connectivity index (χ0) is 13.7. The van der Waals surface area contributed by atoms with Crippen molar-refractivity contribution in [2.24, 2.45) is 17.8 Å². The molecule has 0 aliphatic heterocycles. The molecular weight excluding hydrogens is 228 g/mol. The summed E-state index contributed by atoms with van der Waals surface area (Å²) < 4.78 is 0. The Labute approximate surface area is 108 Å². The number of carbonyl (C=O) groups excluding carboxylic acids is 1. The third kappa shape index (κ3) is 3.72. The van der Waals surface area contributed by atoms with E-state index >= 15 is 0 Å². The first-order valence-electron chi connectivity index (χ1n) is 6.38. The van der Waals surface area contributed by atoms with Gasteiger partial charge in [-0.25, -0.2) is 0 Å². The predicted octanol–water partition coefficient (Wildman–Crippen LogP) is 2.03. The Balaban J connectivity index is 2.67. The van der Waals surface area contributed by atoms with Gasteiger partial charge in [0, 0.05) is 25.0 Å². The topological polar surface area (TPSA) is 62.0 Å². The fourth-order valence-corrected chi connectivity index (χ4v) is 2.14. The molecule has 1 rings (SSSR count). The molecule has 0 bridgehead atoms. The quantitative estimate of drug-likeness (QED) is 0.840. The molecule has 0 saturated carbocycles. The van der Waals surface area contributed by atoms with Crippen LogP contribution < -0.4 is 10.7 Å². The summed E-state index contributed by atoms with van der Waals surface area (Å²) in [6.07, 6.45) is 2.96. The fourth-order valence-electron chi connectivity index (χ4n) is 2.14. The number of rotatable bonds is 5. The zero-order valence-corrected chi connectivity index (χ0v) is 11.5. The number of aromatic amines is 1. The number of H-pyrrole nitrogens is 1. The molecule has 0 spiro atoms. The molecule has 0 fully saturated rings. The van der Waals surface area contributed by atoms with Crippen molar-refractivity contribution in [1.82, 2.24) is 10.3 Å². The highest BCUT2D eigenvalue weighted by atomic mass is 16.2. The largest absolute Gasteiger partial charge is 0.367 e. The third-order valence-electron chi connectivity index (χ3n) is 3.28. The van der Waals surface area contributed by atoms with E-state index in [1.54, 1.807) is 0 Å².